The summed E-state index contributed by atoms with van der Waals surface area (Å²) in [7, 11) is 0. The second-order valence-electron chi connectivity index (χ2n) is 5.69. The Morgan fingerprint density at radius 1 is 1.55 bits per heavy atom. The number of nitrogens with zero attached hydrogens (tertiary/aromatic N) is 2. The number of ether oxygens (including phenoxy) is 1. The quantitative estimate of drug-likeness (QED) is 0.884. The lowest BCUT2D eigenvalue weighted by Gasteiger charge is -2.20. The maximum atomic E-state index is 11.9. The minimum Gasteiger partial charge on any atom is -0.376 e. The summed E-state index contributed by atoms with van der Waals surface area (Å²) in [5.41, 5.74) is 1.90. The van der Waals surface area contributed by atoms with Crippen molar-refractivity contribution >= 4 is 11.7 Å². The molecular weight excluding hydrogens is 280 g/mol. The summed E-state index contributed by atoms with van der Waals surface area (Å²) < 4.78 is 7.55. The molecule has 0 aliphatic carbocycles. The first-order chi connectivity index (χ1) is 10.7. The molecule has 2 atom stereocenters. The highest BCUT2D eigenvalue weighted by atomic mass is 16.5. The van der Waals surface area contributed by atoms with Gasteiger partial charge >= 0.3 is 6.03 Å². The van der Waals surface area contributed by atoms with E-state index in [2.05, 4.69) is 15.6 Å². The third kappa shape index (κ3) is 3.57. The van der Waals surface area contributed by atoms with Crippen molar-refractivity contribution in [1.82, 2.24) is 20.0 Å². The van der Waals surface area contributed by atoms with E-state index in [0.717, 1.165) is 30.8 Å². The smallest absolute Gasteiger partial charge is 0.315 e. The van der Waals surface area contributed by atoms with Gasteiger partial charge in [0, 0.05) is 32.0 Å². The van der Waals surface area contributed by atoms with Crippen molar-refractivity contribution < 1.29 is 9.53 Å². The van der Waals surface area contributed by atoms with E-state index in [1.54, 1.807) is 0 Å². The first-order valence-electron chi connectivity index (χ1n) is 7.81. The van der Waals surface area contributed by atoms with Crippen LogP contribution >= 0.6 is 0 Å². The Balaban J connectivity index is 1.43. The van der Waals surface area contributed by atoms with Crippen LogP contribution in [0.25, 0.3) is 5.65 Å². The fourth-order valence-corrected chi connectivity index (χ4v) is 2.76. The Morgan fingerprint density at radius 3 is 3.23 bits per heavy atom. The lowest BCUT2D eigenvalue weighted by Crippen LogP contribution is -2.46. The zero-order chi connectivity index (χ0) is 15.4. The van der Waals surface area contributed by atoms with Gasteiger partial charge in [0.25, 0.3) is 0 Å². The van der Waals surface area contributed by atoms with Crippen molar-refractivity contribution in [3.05, 3.63) is 36.3 Å². The Hall–Kier alpha value is -2.08. The van der Waals surface area contributed by atoms with Crippen LogP contribution in [0.1, 0.15) is 25.5 Å². The Kier molecular flexibility index (Phi) is 4.58. The summed E-state index contributed by atoms with van der Waals surface area (Å²) in [6, 6.07) is 5.79. The predicted octanol–water partition coefficient (Wildman–Crippen LogP) is 1.74. The number of carbonyl (C=O) groups excluding carboxylic acids is 1. The molecule has 2 amide bonds. The highest BCUT2D eigenvalue weighted by molar-refractivity contribution is 5.74. The van der Waals surface area contributed by atoms with Crippen LogP contribution in [0.3, 0.4) is 0 Å². The molecule has 2 aromatic rings. The van der Waals surface area contributed by atoms with Gasteiger partial charge in [0.2, 0.25) is 0 Å². The lowest BCUT2D eigenvalue weighted by molar-refractivity contribution is 0.0860. The van der Waals surface area contributed by atoms with Gasteiger partial charge in [-0.3, -0.25) is 0 Å². The maximum absolute atomic E-state index is 11.9. The van der Waals surface area contributed by atoms with Crippen molar-refractivity contribution in [3.8, 4) is 0 Å². The van der Waals surface area contributed by atoms with Crippen molar-refractivity contribution in [2.75, 3.05) is 13.2 Å². The van der Waals surface area contributed by atoms with E-state index in [-0.39, 0.29) is 18.2 Å². The second-order valence-corrected chi connectivity index (χ2v) is 5.69. The zero-order valence-electron chi connectivity index (χ0n) is 12.8. The van der Waals surface area contributed by atoms with Crippen LogP contribution in [0.2, 0.25) is 0 Å². The molecule has 0 aromatic carbocycles. The number of nitrogens with one attached hydrogen (secondary N) is 2. The van der Waals surface area contributed by atoms with Crippen molar-refractivity contribution in [2.45, 2.75) is 38.3 Å². The van der Waals surface area contributed by atoms with Gasteiger partial charge in [0.15, 0.2) is 0 Å². The summed E-state index contributed by atoms with van der Waals surface area (Å²) in [6.07, 6.45) is 6.90. The van der Waals surface area contributed by atoms with E-state index in [1.807, 2.05) is 41.9 Å². The van der Waals surface area contributed by atoms with Crippen molar-refractivity contribution in [3.63, 3.8) is 0 Å². The highest BCUT2D eigenvalue weighted by Gasteiger charge is 2.23. The van der Waals surface area contributed by atoms with Gasteiger partial charge in [0.05, 0.1) is 17.8 Å². The molecule has 2 aromatic heterocycles. The molecule has 22 heavy (non-hydrogen) atoms. The number of pyridine rings is 1. The van der Waals surface area contributed by atoms with Crippen molar-refractivity contribution in [2.24, 2.45) is 0 Å². The third-order valence-corrected chi connectivity index (χ3v) is 3.96. The van der Waals surface area contributed by atoms with Gasteiger partial charge in [-0.05, 0) is 31.9 Å². The van der Waals surface area contributed by atoms with E-state index in [1.165, 1.54) is 0 Å². The van der Waals surface area contributed by atoms with Crippen LogP contribution in [0.4, 0.5) is 4.79 Å². The summed E-state index contributed by atoms with van der Waals surface area (Å²) >= 11 is 0. The molecule has 0 spiro atoms. The first-order valence-corrected chi connectivity index (χ1v) is 7.81. The number of carbonyl (C=O) groups is 1. The average molecular weight is 302 g/mol. The van der Waals surface area contributed by atoms with Gasteiger partial charge in [-0.2, -0.15) is 0 Å². The molecule has 6 heteroatoms. The number of fused-ring (bicyclic) bond motifs is 1. The molecule has 6 nitrogen and oxygen atoms in total. The minimum absolute atomic E-state index is 0.0395. The summed E-state index contributed by atoms with van der Waals surface area (Å²) in [5.74, 6) is 0. The van der Waals surface area contributed by atoms with Crippen molar-refractivity contribution in [1.29, 1.82) is 0 Å². The number of rotatable bonds is 5. The molecule has 2 N–H and O–H groups in total. The monoisotopic (exact) mass is 302 g/mol. The molecule has 1 aliphatic heterocycles. The number of hydrogen-bond donors (Lipinski definition) is 2. The Labute approximate surface area is 129 Å². The lowest BCUT2D eigenvalue weighted by atomic mass is 10.1. The molecule has 0 saturated carbocycles. The SMILES string of the molecule is C[C@H](NC(=O)NCCc1cn2ccccc2n1)[C@H]1CCCO1. The highest BCUT2D eigenvalue weighted by Crippen LogP contribution is 2.15. The number of hydrogen-bond acceptors (Lipinski definition) is 3. The van der Waals surface area contributed by atoms with Gasteiger partial charge in [-0.1, -0.05) is 6.07 Å². The molecular formula is C16H22N4O2. The standard InChI is InChI=1S/C16H22N4O2/c1-12(14-5-4-10-22-14)18-16(21)17-8-7-13-11-20-9-3-2-6-15(20)19-13/h2-3,6,9,11-12,14H,4-5,7-8,10H2,1H3,(H2,17,18,21)/t12-,14+/m0/s1. The number of aromatic nitrogens is 2. The molecule has 118 valence electrons. The van der Waals surface area contributed by atoms with E-state index in [4.69, 9.17) is 4.74 Å². The normalized spacial score (nSPS) is 19.2. The topological polar surface area (TPSA) is 67.7 Å². The predicted molar refractivity (Wildman–Crippen MR) is 83.9 cm³/mol. The zero-order valence-corrected chi connectivity index (χ0v) is 12.8. The van der Waals surface area contributed by atoms with Crippen LogP contribution in [0, 0.1) is 0 Å². The molecule has 0 radical (unpaired) electrons. The van der Waals surface area contributed by atoms with Gasteiger partial charge in [-0.25, -0.2) is 9.78 Å². The van der Waals surface area contributed by atoms with Gasteiger partial charge in [0.1, 0.15) is 5.65 Å². The van der Waals surface area contributed by atoms with Crippen LogP contribution < -0.4 is 10.6 Å². The summed E-state index contributed by atoms with van der Waals surface area (Å²) in [4.78, 5) is 16.4. The van der Waals surface area contributed by atoms with E-state index in [0.29, 0.717) is 13.0 Å². The molecule has 0 bridgehead atoms. The number of amides is 2. The van der Waals surface area contributed by atoms with Gasteiger partial charge in [-0.15, -0.1) is 0 Å². The Bertz CT molecular complexity index is 601. The summed E-state index contributed by atoms with van der Waals surface area (Å²) in [6.45, 7) is 3.35. The minimum atomic E-state index is -0.147. The molecule has 1 fully saturated rings. The fraction of sp³-hybridized carbons (Fsp3) is 0.500. The Morgan fingerprint density at radius 2 is 2.45 bits per heavy atom. The first kappa shape index (κ1) is 14.8. The molecule has 0 unspecified atom stereocenters. The van der Waals surface area contributed by atoms with Crippen LogP contribution in [-0.2, 0) is 11.2 Å². The van der Waals surface area contributed by atoms with E-state index < -0.39 is 0 Å². The van der Waals surface area contributed by atoms with E-state index in [9.17, 15) is 4.79 Å². The van der Waals surface area contributed by atoms with Crippen LogP contribution in [0.5, 0.6) is 0 Å². The van der Waals surface area contributed by atoms with E-state index >= 15 is 0 Å². The van der Waals surface area contributed by atoms with Crippen LogP contribution in [0.15, 0.2) is 30.6 Å². The second kappa shape index (κ2) is 6.79. The van der Waals surface area contributed by atoms with Gasteiger partial charge < -0.3 is 19.8 Å². The number of imidazole rings is 1. The largest absolute Gasteiger partial charge is 0.376 e. The summed E-state index contributed by atoms with van der Waals surface area (Å²) in [5, 5.41) is 5.81. The van der Waals surface area contributed by atoms with Crippen LogP contribution in [-0.4, -0.2) is 40.7 Å². The molecule has 1 saturated heterocycles. The third-order valence-electron chi connectivity index (χ3n) is 3.96. The molecule has 3 rings (SSSR count). The molecule has 3 heterocycles. The number of urea groups is 1. The average Bonchev–Trinajstić information content (AvgIpc) is 3.16. The maximum Gasteiger partial charge on any atom is 0.315 e. The fourth-order valence-electron chi connectivity index (χ4n) is 2.76. The molecule has 1 aliphatic rings.